The lowest BCUT2D eigenvalue weighted by Gasteiger charge is -2.14. The van der Waals surface area contributed by atoms with Gasteiger partial charge in [-0.15, -0.1) is 0 Å². The predicted octanol–water partition coefficient (Wildman–Crippen LogP) is 4.45. The lowest BCUT2D eigenvalue weighted by molar-refractivity contribution is 0.214. The molecule has 148 valence electrons. The van der Waals surface area contributed by atoms with Gasteiger partial charge in [-0.05, 0) is 29.7 Å². The van der Waals surface area contributed by atoms with Crippen LogP contribution >= 0.6 is 46.3 Å². The van der Waals surface area contributed by atoms with Gasteiger partial charge in [-0.25, -0.2) is 4.79 Å². The molecule has 0 saturated carbocycles. The molecule has 0 bridgehead atoms. The molecule has 0 aliphatic rings. The number of nitrogens with zero attached hydrogens (tertiary/aromatic N) is 3. The third kappa shape index (κ3) is 4.50. The van der Waals surface area contributed by atoms with Crippen molar-refractivity contribution in [3.63, 3.8) is 0 Å². The second-order valence-corrected chi connectivity index (χ2v) is 7.56. The number of aromatic nitrogens is 3. The summed E-state index contributed by atoms with van der Waals surface area (Å²) < 4.78 is 16.5. The van der Waals surface area contributed by atoms with Crippen LogP contribution in [0.1, 0.15) is 0 Å². The van der Waals surface area contributed by atoms with E-state index < -0.39 is 6.09 Å². The number of halogens is 3. The summed E-state index contributed by atoms with van der Waals surface area (Å²) >= 11 is 18.9. The fourth-order valence-electron chi connectivity index (χ4n) is 2.34. The molecule has 0 saturated heterocycles. The topological polar surface area (TPSA) is 104 Å². The van der Waals surface area contributed by atoms with Gasteiger partial charge in [0, 0.05) is 24.8 Å². The minimum absolute atomic E-state index is 0.0630. The Kier molecular flexibility index (Phi) is 6.63. The molecular formula is C16H14Cl3N5O3S. The molecule has 1 amide bonds. The highest BCUT2D eigenvalue weighted by Crippen LogP contribution is 2.37. The molecule has 0 radical (unpaired) electrons. The molecule has 0 aliphatic heterocycles. The van der Waals surface area contributed by atoms with Gasteiger partial charge in [-0.3, -0.25) is 10.00 Å². The van der Waals surface area contributed by atoms with E-state index in [1.165, 1.54) is 6.20 Å². The highest BCUT2D eigenvalue weighted by atomic mass is 35.5. The molecule has 0 fully saturated rings. The summed E-state index contributed by atoms with van der Waals surface area (Å²) in [4.78, 5) is 12.2. The van der Waals surface area contributed by atoms with Gasteiger partial charge < -0.3 is 15.2 Å². The van der Waals surface area contributed by atoms with Crippen LogP contribution in [0.15, 0.2) is 24.4 Å². The van der Waals surface area contributed by atoms with Crippen molar-refractivity contribution in [2.75, 3.05) is 18.5 Å². The molecule has 0 atom stereocenters. The summed E-state index contributed by atoms with van der Waals surface area (Å²) in [7, 11) is 1.75. The number of amides is 1. The first-order valence-electron chi connectivity index (χ1n) is 7.85. The van der Waals surface area contributed by atoms with E-state index in [1.54, 1.807) is 29.9 Å². The molecule has 0 unspecified atom stereocenters. The molecule has 2 aromatic heterocycles. The van der Waals surface area contributed by atoms with Crippen LogP contribution in [0.5, 0.6) is 11.6 Å². The number of hydrogen-bond donors (Lipinski definition) is 2. The third-order valence-electron chi connectivity index (χ3n) is 3.51. The van der Waals surface area contributed by atoms with E-state index in [2.05, 4.69) is 14.8 Å². The van der Waals surface area contributed by atoms with E-state index in [-0.39, 0.29) is 15.2 Å². The largest absolute Gasteiger partial charge is 0.492 e. The van der Waals surface area contributed by atoms with Gasteiger partial charge in [0.1, 0.15) is 21.7 Å². The van der Waals surface area contributed by atoms with Crippen LogP contribution in [0.4, 0.5) is 10.5 Å². The Hall–Kier alpha value is -2.04. The number of rotatable bonds is 6. The smallest absolute Gasteiger partial charge is 0.418 e. The zero-order valence-corrected chi connectivity index (χ0v) is 17.5. The molecule has 3 aromatic rings. The summed E-state index contributed by atoms with van der Waals surface area (Å²) in [5.74, 6) is 0.483. The Morgan fingerprint density at radius 1 is 1.36 bits per heavy atom. The lowest BCUT2D eigenvalue weighted by atomic mass is 10.1. The van der Waals surface area contributed by atoms with Crippen molar-refractivity contribution in [3.05, 3.63) is 38.8 Å². The minimum Gasteiger partial charge on any atom is -0.492 e. The van der Waals surface area contributed by atoms with Crippen LogP contribution in [0.3, 0.4) is 0 Å². The van der Waals surface area contributed by atoms with E-state index in [4.69, 9.17) is 50.0 Å². The summed E-state index contributed by atoms with van der Waals surface area (Å²) in [5.41, 5.74) is 7.22. The van der Waals surface area contributed by atoms with Gasteiger partial charge in [0.2, 0.25) is 0 Å². The molecule has 3 rings (SSSR count). The fraction of sp³-hybridized carbons (Fsp3) is 0.188. The number of nitrogens with two attached hydrogens (primary N) is 1. The van der Waals surface area contributed by atoms with E-state index in [0.29, 0.717) is 40.9 Å². The van der Waals surface area contributed by atoms with E-state index in [1.807, 2.05) is 0 Å². The van der Waals surface area contributed by atoms with Crippen LogP contribution < -0.4 is 20.5 Å². The van der Waals surface area contributed by atoms with Crippen LogP contribution in [0, 0.1) is 0 Å². The van der Waals surface area contributed by atoms with Crippen molar-refractivity contribution >= 4 is 58.1 Å². The van der Waals surface area contributed by atoms with Crippen LogP contribution in [-0.4, -0.2) is 33.4 Å². The number of carbonyl (C=O) groups excluding carboxylic acids is 1. The zero-order chi connectivity index (χ0) is 20.3. The normalized spacial score (nSPS) is 10.8. The average Bonchev–Trinajstić information content (AvgIpc) is 3.16. The zero-order valence-electron chi connectivity index (χ0n) is 14.4. The first-order valence-corrected chi connectivity index (χ1v) is 9.75. The van der Waals surface area contributed by atoms with Crippen molar-refractivity contribution in [2.45, 2.75) is 0 Å². The Balaban J connectivity index is 1.87. The van der Waals surface area contributed by atoms with Gasteiger partial charge in [0.25, 0.3) is 5.88 Å². The van der Waals surface area contributed by atoms with Crippen LogP contribution in [0.2, 0.25) is 14.4 Å². The highest BCUT2D eigenvalue weighted by molar-refractivity contribution is 7.11. The van der Waals surface area contributed by atoms with Gasteiger partial charge in [0.15, 0.2) is 0 Å². The van der Waals surface area contributed by atoms with Crippen molar-refractivity contribution in [1.29, 1.82) is 0 Å². The molecule has 28 heavy (non-hydrogen) atoms. The van der Waals surface area contributed by atoms with Crippen molar-refractivity contribution in [1.82, 2.24) is 14.2 Å². The summed E-state index contributed by atoms with van der Waals surface area (Å²) in [6.07, 6.45) is 0.743. The maximum absolute atomic E-state index is 12.2. The number of ether oxygens (including phenoxy) is 2. The number of carbonyl (C=O) groups is 1. The second kappa shape index (κ2) is 8.97. The summed E-state index contributed by atoms with van der Waals surface area (Å²) in [6, 6.07) is 5.03. The predicted molar refractivity (Wildman–Crippen MR) is 110 cm³/mol. The maximum Gasteiger partial charge on any atom is 0.418 e. The molecule has 0 spiro atoms. The van der Waals surface area contributed by atoms with Crippen LogP contribution in [-0.2, 0) is 7.05 Å². The van der Waals surface area contributed by atoms with E-state index in [0.717, 1.165) is 11.5 Å². The Morgan fingerprint density at radius 3 is 2.75 bits per heavy atom. The fourth-order valence-corrected chi connectivity index (χ4v) is 3.49. The van der Waals surface area contributed by atoms with Crippen molar-refractivity contribution in [3.8, 4) is 22.9 Å². The monoisotopic (exact) mass is 461 g/mol. The Morgan fingerprint density at radius 2 is 2.14 bits per heavy atom. The Labute approximate surface area is 179 Å². The van der Waals surface area contributed by atoms with Gasteiger partial charge in [-0.1, -0.05) is 34.8 Å². The molecule has 2 heterocycles. The standard InChI is InChI=1S/C16H14Cl3N5O3S/c1-24-13(10(17)7-21-24)9-6-8(2-3-11(9)26-5-4-20)22-16(25)27-15-12(18)14(19)28-23-15/h2-3,6-7H,4-5,20H2,1H3,(H,22,25). The minimum atomic E-state index is -0.776. The van der Waals surface area contributed by atoms with E-state index in [9.17, 15) is 4.79 Å². The quantitative estimate of drug-likeness (QED) is 0.561. The molecule has 12 heteroatoms. The summed E-state index contributed by atoms with van der Waals surface area (Å²) in [6.45, 7) is 0.669. The van der Waals surface area contributed by atoms with Gasteiger partial charge >= 0.3 is 6.09 Å². The van der Waals surface area contributed by atoms with Crippen LogP contribution in [0.25, 0.3) is 11.3 Å². The molecule has 8 nitrogen and oxygen atoms in total. The van der Waals surface area contributed by atoms with E-state index >= 15 is 0 Å². The number of hydrogen-bond acceptors (Lipinski definition) is 7. The number of benzene rings is 1. The number of aryl methyl sites for hydroxylation is 1. The third-order valence-corrected chi connectivity index (χ3v) is 5.36. The Bertz CT molecular complexity index is 988. The first kappa shape index (κ1) is 20.7. The second-order valence-electron chi connectivity index (χ2n) is 5.40. The van der Waals surface area contributed by atoms with Gasteiger partial charge in [-0.2, -0.15) is 9.47 Å². The maximum atomic E-state index is 12.2. The number of anilines is 1. The first-order chi connectivity index (χ1) is 13.4. The SMILES string of the molecule is Cn1ncc(Cl)c1-c1cc(NC(=O)Oc2nsc(Cl)c2Cl)ccc1OCCN. The average molecular weight is 463 g/mol. The molecule has 3 N–H and O–H groups in total. The van der Waals surface area contributed by atoms with Gasteiger partial charge in [0.05, 0.1) is 16.9 Å². The van der Waals surface area contributed by atoms with Crippen molar-refractivity contribution in [2.24, 2.45) is 12.8 Å². The molecule has 1 aromatic carbocycles. The number of nitrogens with one attached hydrogen (secondary N) is 1. The highest BCUT2D eigenvalue weighted by Gasteiger charge is 2.18. The summed E-state index contributed by atoms with van der Waals surface area (Å²) in [5, 5.41) is 7.24. The lowest BCUT2D eigenvalue weighted by Crippen LogP contribution is -2.17. The van der Waals surface area contributed by atoms with Crippen molar-refractivity contribution < 1.29 is 14.3 Å². The molecular weight excluding hydrogens is 449 g/mol. The molecule has 0 aliphatic carbocycles.